The second kappa shape index (κ2) is 7.76. The third kappa shape index (κ3) is 4.88. The predicted octanol–water partition coefficient (Wildman–Crippen LogP) is 3.46. The molecule has 24 heavy (non-hydrogen) atoms. The van der Waals surface area contributed by atoms with Crippen molar-refractivity contribution in [2.24, 2.45) is 0 Å². The van der Waals surface area contributed by atoms with E-state index in [1.165, 1.54) is 0 Å². The highest BCUT2D eigenvalue weighted by atomic mass is 35.5. The number of amides is 1. The fourth-order valence-electron chi connectivity index (χ4n) is 2.52. The average Bonchev–Trinajstić information content (AvgIpc) is 2.68. The van der Waals surface area contributed by atoms with Crippen LogP contribution in [0.2, 0.25) is 10.0 Å². The minimum atomic E-state index is -0.538. The third-order valence-electron chi connectivity index (χ3n) is 3.62. The first-order valence-electron chi connectivity index (χ1n) is 7.76. The first kappa shape index (κ1) is 19.1. The summed E-state index contributed by atoms with van der Waals surface area (Å²) in [5.74, 6) is 0. The molecule has 0 N–H and O–H groups in total. The van der Waals surface area contributed by atoms with E-state index in [0.29, 0.717) is 41.9 Å². The van der Waals surface area contributed by atoms with Crippen molar-refractivity contribution in [3.63, 3.8) is 0 Å². The van der Waals surface area contributed by atoms with Crippen molar-refractivity contribution >= 4 is 35.0 Å². The summed E-state index contributed by atoms with van der Waals surface area (Å²) in [6.07, 6.45) is 2.58. The summed E-state index contributed by atoms with van der Waals surface area (Å²) >= 11 is 12.5. The van der Waals surface area contributed by atoms with Crippen LogP contribution in [0.25, 0.3) is 0 Å². The summed E-state index contributed by atoms with van der Waals surface area (Å²) in [6, 6.07) is 0. The SMILES string of the molecule is COC1CN(C(=O)OC(C)(C)C)CCN(c2c(Cl)cncc2Cl)C1. The lowest BCUT2D eigenvalue weighted by molar-refractivity contribution is 0.0138. The maximum Gasteiger partial charge on any atom is 0.410 e. The van der Waals surface area contributed by atoms with Crippen molar-refractivity contribution in [2.45, 2.75) is 32.5 Å². The molecule has 2 heterocycles. The van der Waals surface area contributed by atoms with Crippen LogP contribution in [0.4, 0.5) is 10.5 Å². The molecule has 1 aliphatic heterocycles. The number of methoxy groups -OCH3 is 1. The van der Waals surface area contributed by atoms with Crippen LogP contribution in [-0.4, -0.2) is 61.0 Å². The number of rotatable bonds is 2. The van der Waals surface area contributed by atoms with Crippen molar-refractivity contribution in [1.29, 1.82) is 0 Å². The Labute approximate surface area is 152 Å². The predicted molar refractivity (Wildman–Crippen MR) is 95.1 cm³/mol. The van der Waals surface area contributed by atoms with E-state index in [0.717, 1.165) is 0 Å². The zero-order valence-corrected chi connectivity index (χ0v) is 15.9. The van der Waals surface area contributed by atoms with Crippen molar-refractivity contribution in [2.75, 3.05) is 38.2 Å². The Morgan fingerprint density at radius 2 is 1.83 bits per heavy atom. The summed E-state index contributed by atoms with van der Waals surface area (Å²) in [5, 5.41) is 0.950. The van der Waals surface area contributed by atoms with Crippen LogP contribution >= 0.6 is 23.2 Å². The Morgan fingerprint density at radius 1 is 1.21 bits per heavy atom. The third-order valence-corrected chi connectivity index (χ3v) is 4.17. The molecule has 1 aromatic heterocycles. The Morgan fingerprint density at radius 3 is 2.38 bits per heavy atom. The highest BCUT2D eigenvalue weighted by Gasteiger charge is 2.30. The largest absolute Gasteiger partial charge is 0.444 e. The molecule has 1 saturated heterocycles. The van der Waals surface area contributed by atoms with Gasteiger partial charge in [-0.3, -0.25) is 4.98 Å². The van der Waals surface area contributed by atoms with Crippen molar-refractivity contribution in [3.05, 3.63) is 22.4 Å². The van der Waals surface area contributed by atoms with Gasteiger partial charge in [0.1, 0.15) is 5.60 Å². The molecule has 134 valence electrons. The fraction of sp³-hybridized carbons (Fsp3) is 0.625. The van der Waals surface area contributed by atoms with Gasteiger partial charge in [-0.25, -0.2) is 4.79 Å². The number of carbonyl (C=O) groups is 1. The lowest BCUT2D eigenvalue weighted by atomic mass is 10.2. The maximum atomic E-state index is 12.4. The van der Waals surface area contributed by atoms with Gasteiger partial charge in [0.2, 0.25) is 0 Å². The molecule has 0 bridgehead atoms. The number of nitrogens with zero attached hydrogens (tertiary/aromatic N) is 3. The molecule has 8 heteroatoms. The fourth-order valence-corrected chi connectivity index (χ4v) is 3.13. The minimum absolute atomic E-state index is 0.180. The van der Waals surface area contributed by atoms with Crippen LogP contribution in [-0.2, 0) is 9.47 Å². The van der Waals surface area contributed by atoms with Gasteiger partial charge >= 0.3 is 6.09 Å². The monoisotopic (exact) mass is 375 g/mol. The Hall–Kier alpha value is -1.24. The number of anilines is 1. The van der Waals surface area contributed by atoms with Crippen LogP contribution in [0.1, 0.15) is 20.8 Å². The van der Waals surface area contributed by atoms with E-state index in [4.69, 9.17) is 32.7 Å². The molecule has 0 aromatic carbocycles. The van der Waals surface area contributed by atoms with Crippen LogP contribution < -0.4 is 4.90 Å². The van der Waals surface area contributed by atoms with Crippen LogP contribution in [0.15, 0.2) is 12.4 Å². The van der Waals surface area contributed by atoms with E-state index in [1.807, 2.05) is 25.7 Å². The molecule has 1 aliphatic rings. The Balaban J connectivity index is 2.18. The molecule has 2 rings (SSSR count). The number of pyridine rings is 1. The normalized spacial score (nSPS) is 19.2. The molecule has 1 atom stereocenters. The average molecular weight is 376 g/mol. The summed E-state index contributed by atoms with van der Waals surface area (Å²) in [7, 11) is 1.62. The number of hydrogen-bond donors (Lipinski definition) is 0. The van der Waals surface area contributed by atoms with Crippen molar-refractivity contribution in [1.82, 2.24) is 9.88 Å². The molecule has 0 saturated carbocycles. The van der Waals surface area contributed by atoms with Gasteiger partial charge in [0, 0.05) is 39.1 Å². The summed E-state index contributed by atoms with van der Waals surface area (Å²) in [4.78, 5) is 20.0. The quantitative estimate of drug-likeness (QED) is 0.791. The number of halogens is 2. The Kier molecular flexibility index (Phi) is 6.17. The summed E-state index contributed by atoms with van der Waals surface area (Å²) in [5.41, 5.74) is 0.171. The Bertz CT molecular complexity index is 572. The van der Waals surface area contributed by atoms with E-state index in [-0.39, 0.29) is 12.2 Å². The lowest BCUT2D eigenvalue weighted by Gasteiger charge is -2.27. The first-order valence-corrected chi connectivity index (χ1v) is 8.51. The zero-order valence-electron chi connectivity index (χ0n) is 14.4. The van der Waals surface area contributed by atoms with Crippen LogP contribution in [0, 0.1) is 0 Å². The second-order valence-corrected chi connectivity index (χ2v) is 7.50. The number of aromatic nitrogens is 1. The molecule has 0 radical (unpaired) electrons. The molecular formula is C16H23Cl2N3O3. The van der Waals surface area contributed by atoms with Crippen LogP contribution in [0.3, 0.4) is 0 Å². The summed E-state index contributed by atoms with van der Waals surface area (Å²) < 4.78 is 11.0. The molecule has 1 unspecified atom stereocenters. The van der Waals surface area contributed by atoms with Crippen molar-refractivity contribution in [3.8, 4) is 0 Å². The molecule has 1 amide bonds. The van der Waals surface area contributed by atoms with Gasteiger partial charge < -0.3 is 19.3 Å². The molecular weight excluding hydrogens is 353 g/mol. The maximum absolute atomic E-state index is 12.4. The lowest BCUT2D eigenvalue weighted by Crippen LogP contribution is -2.41. The van der Waals surface area contributed by atoms with E-state index >= 15 is 0 Å². The summed E-state index contributed by atoms with van der Waals surface area (Å²) in [6.45, 7) is 7.62. The smallest absolute Gasteiger partial charge is 0.410 e. The molecule has 1 aromatic rings. The molecule has 0 spiro atoms. The van der Waals surface area contributed by atoms with E-state index in [9.17, 15) is 4.79 Å². The standard InChI is InChI=1S/C16H23Cl2N3O3/c1-16(2,3)24-15(22)21-6-5-20(9-11(10-21)23-4)14-12(17)7-19-8-13(14)18/h7-8,11H,5-6,9-10H2,1-4H3. The highest BCUT2D eigenvalue weighted by molar-refractivity contribution is 6.38. The van der Waals surface area contributed by atoms with Gasteiger partial charge in [-0.1, -0.05) is 23.2 Å². The highest BCUT2D eigenvalue weighted by Crippen LogP contribution is 2.33. The molecule has 6 nitrogen and oxygen atoms in total. The first-order chi connectivity index (χ1) is 11.2. The van der Waals surface area contributed by atoms with Crippen LogP contribution in [0.5, 0.6) is 0 Å². The zero-order chi connectivity index (χ0) is 17.9. The topological polar surface area (TPSA) is 54.9 Å². The van der Waals surface area contributed by atoms with Gasteiger partial charge in [0.15, 0.2) is 0 Å². The van der Waals surface area contributed by atoms with Crippen molar-refractivity contribution < 1.29 is 14.3 Å². The van der Waals surface area contributed by atoms with E-state index in [1.54, 1.807) is 24.4 Å². The molecule has 1 fully saturated rings. The molecule has 0 aliphatic carbocycles. The number of carbonyl (C=O) groups excluding carboxylic acids is 1. The van der Waals surface area contributed by atoms with Gasteiger partial charge in [-0.05, 0) is 20.8 Å². The van der Waals surface area contributed by atoms with E-state index < -0.39 is 5.60 Å². The minimum Gasteiger partial charge on any atom is -0.444 e. The number of ether oxygens (including phenoxy) is 2. The number of hydrogen-bond acceptors (Lipinski definition) is 5. The van der Waals surface area contributed by atoms with Gasteiger partial charge in [-0.2, -0.15) is 0 Å². The van der Waals surface area contributed by atoms with E-state index in [2.05, 4.69) is 4.98 Å². The van der Waals surface area contributed by atoms with Gasteiger partial charge in [-0.15, -0.1) is 0 Å². The van der Waals surface area contributed by atoms with Gasteiger partial charge in [0.05, 0.1) is 28.4 Å². The van der Waals surface area contributed by atoms with Gasteiger partial charge in [0.25, 0.3) is 0 Å². The second-order valence-electron chi connectivity index (χ2n) is 6.68.